The molecule has 2 N–H and O–H groups in total. The Bertz CT molecular complexity index is 727. The number of amides is 1. The van der Waals surface area contributed by atoms with Crippen LogP contribution in [0.3, 0.4) is 0 Å². The largest absolute Gasteiger partial charge is 0.376 e. The molecular weight excluding hydrogens is 445 g/mol. The molecule has 0 aliphatic carbocycles. The van der Waals surface area contributed by atoms with Gasteiger partial charge in [-0.2, -0.15) is 5.10 Å². The van der Waals surface area contributed by atoms with Crippen LogP contribution in [0.5, 0.6) is 0 Å². The quantitative estimate of drug-likeness (QED) is 0.502. The molecule has 2 aromatic carbocycles. The molecule has 0 aliphatic heterocycles. The third-order valence-electron chi connectivity index (χ3n) is 3.03. The Morgan fingerprint density at radius 2 is 1.91 bits per heavy atom. The molecule has 7 heteroatoms. The first kappa shape index (κ1) is 18.0. The number of hydrogen-bond donors (Lipinski definition) is 2. The Hall–Kier alpha value is -1.37. The molecule has 4 nitrogen and oxygen atoms in total. The lowest BCUT2D eigenvalue weighted by Gasteiger charge is -2.09. The van der Waals surface area contributed by atoms with Crippen LogP contribution in [0.4, 0.5) is 5.69 Å². The van der Waals surface area contributed by atoms with E-state index in [0.717, 1.165) is 25.8 Å². The monoisotopic (exact) mass is 457 g/mol. The van der Waals surface area contributed by atoms with E-state index in [1.165, 1.54) is 6.21 Å². The number of nitrogens with one attached hydrogen (secondary N) is 2. The summed E-state index contributed by atoms with van der Waals surface area (Å²) in [5.41, 5.74) is 5.13. The number of hydrogen-bond acceptors (Lipinski definition) is 3. The van der Waals surface area contributed by atoms with Gasteiger partial charge in [-0.1, -0.05) is 61.7 Å². The van der Waals surface area contributed by atoms with Crippen molar-refractivity contribution in [2.45, 2.75) is 6.92 Å². The van der Waals surface area contributed by atoms with Crippen molar-refractivity contribution in [2.75, 3.05) is 11.9 Å². The Morgan fingerprint density at radius 1 is 1.26 bits per heavy atom. The summed E-state index contributed by atoms with van der Waals surface area (Å²) in [5.74, 6) is -0.249. The average Bonchev–Trinajstić information content (AvgIpc) is 2.52. The summed E-state index contributed by atoms with van der Waals surface area (Å²) < 4.78 is 1.93. The zero-order valence-corrected chi connectivity index (χ0v) is 16.2. The topological polar surface area (TPSA) is 53.5 Å². The van der Waals surface area contributed by atoms with Crippen LogP contribution < -0.4 is 10.7 Å². The summed E-state index contributed by atoms with van der Waals surface area (Å²) in [4.78, 5) is 11.8. The molecule has 0 spiro atoms. The van der Waals surface area contributed by atoms with Gasteiger partial charge in [0.15, 0.2) is 0 Å². The zero-order chi connectivity index (χ0) is 16.8. The number of halogens is 3. The maximum Gasteiger partial charge on any atom is 0.259 e. The lowest BCUT2D eigenvalue weighted by molar-refractivity contribution is -0.119. The first-order valence-corrected chi connectivity index (χ1v) is 8.69. The van der Waals surface area contributed by atoms with E-state index in [0.29, 0.717) is 5.02 Å². The molecule has 0 bridgehead atoms. The predicted molar refractivity (Wildman–Crippen MR) is 102 cm³/mol. The van der Waals surface area contributed by atoms with Gasteiger partial charge in [-0.25, -0.2) is 5.43 Å². The highest BCUT2D eigenvalue weighted by Crippen LogP contribution is 2.28. The number of hydrazone groups is 1. The normalized spacial score (nSPS) is 10.8. The van der Waals surface area contributed by atoms with E-state index in [1.807, 2.05) is 37.3 Å². The molecule has 0 saturated carbocycles. The molecule has 0 heterocycles. The molecule has 0 radical (unpaired) electrons. The lowest BCUT2D eigenvalue weighted by Crippen LogP contribution is -2.25. The molecule has 0 aromatic heterocycles. The molecule has 2 aromatic rings. The van der Waals surface area contributed by atoms with E-state index in [-0.39, 0.29) is 12.5 Å². The van der Waals surface area contributed by atoms with Gasteiger partial charge in [-0.15, -0.1) is 0 Å². The van der Waals surface area contributed by atoms with Crippen LogP contribution in [-0.4, -0.2) is 18.7 Å². The summed E-state index contributed by atoms with van der Waals surface area (Å²) >= 11 is 12.9. The SMILES string of the molecule is Cc1c(Br)cc(NCC(=O)N/N=C\c2ccccc2Cl)cc1Br. The molecule has 2 rings (SSSR count). The van der Waals surface area contributed by atoms with E-state index < -0.39 is 0 Å². The summed E-state index contributed by atoms with van der Waals surface area (Å²) in [6.45, 7) is 2.11. The first-order chi connectivity index (χ1) is 11.0. The van der Waals surface area contributed by atoms with Crippen LogP contribution in [0.15, 0.2) is 50.4 Å². The summed E-state index contributed by atoms with van der Waals surface area (Å²) in [5, 5.41) is 7.52. The van der Waals surface area contributed by atoms with E-state index in [1.54, 1.807) is 6.07 Å². The predicted octanol–water partition coefficient (Wildman–Crippen LogP) is 4.74. The number of carbonyl (C=O) groups excluding carboxylic acids is 1. The van der Waals surface area contributed by atoms with Gasteiger partial charge < -0.3 is 5.32 Å². The average molecular weight is 460 g/mol. The molecule has 0 atom stereocenters. The minimum atomic E-state index is -0.249. The highest BCUT2D eigenvalue weighted by molar-refractivity contribution is 9.11. The van der Waals surface area contributed by atoms with E-state index in [4.69, 9.17) is 11.6 Å². The number of rotatable bonds is 5. The fourth-order valence-corrected chi connectivity index (χ4v) is 3.09. The Labute approximate surface area is 156 Å². The maximum atomic E-state index is 11.8. The molecule has 0 fully saturated rings. The van der Waals surface area contributed by atoms with Crippen molar-refractivity contribution >= 4 is 61.3 Å². The third-order valence-corrected chi connectivity index (χ3v) is 5.02. The second kappa shape index (κ2) is 8.47. The van der Waals surface area contributed by atoms with Crippen LogP contribution in [0, 0.1) is 6.92 Å². The molecule has 23 heavy (non-hydrogen) atoms. The van der Waals surface area contributed by atoms with E-state index >= 15 is 0 Å². The summed E-state index contributed by atoms with van der Waals surface area (Å²) in [7, 11) is 0. The van der Waals surface area contributed by atoms with Crippen molar-refractivity contribution in [3.8, 4) is 0 Å². The van der Waals surface area contributed by atoms with Crippen molar-refractivity contribution in [3.63, 3.8) is 0 Å². The Kier molecular flexibility index (Phi) is 6.62. The minimum Gasteiger partial charge on any atom is -0.376 e. The molecule has 0 saturated heterocycles. The fraction of sp³-hybridized carbons (Fsp3) is 0.125. The van der Waals surface area contributed by atoms with Crippen LogP contribution in [0.1, 0.15) is 11.1 Å². The second-order valence-corrected chi connectivity index (χ2v) is 6.85. The van der Waals surface area contributed by atoms with Crippen molar-refractivity contribution in [1.29, 1.82) is 0 Å². The molecule has 0 aliphatic rings. The van der Waals surface area contributed by atoms with Crippen molar-refractivity contribution in [1.82, 2.24) is 5.43 Å². The fourth-order valence-electron chi connectivity index (χ4n) is 1.72. The number of nitrogens with zero attached hydrogens (tertiary/aromatic N) is 1. The molecule has 0 unspecified atom stereocenters. The first-order valence-electron chi connectivity index (χ1n) is 6.73. The van der Waals surface area contributed by atoms with Crippen LogP contribution in [0.2, 0.25) is 5.02 Å². The van der Waals surface area contributed by atoms with Gasteiger partial charge in [-0.3, -0.25) is 4.79 Å². The highest BCUT2D eigenvalue weighted by atomic mass is 79.9. The zero-order valence-electron chi connectivity index (χ0n) is 12.2. The minimum absolute atomic E-state index is 0.113. The van der Waals surface area contributed by atoms with Gasteiger partial charge in [0.05, 0.1) is 12.8 Å². The summed E-state index contributed by atoms with van der Waals surface area (Å²) in [6.07, 6.45) is 1.51. The van der Waals surface area contributed by atoms with Gasteiger partial charge in [0.25, 0.3) is 5.91 Å². The molecule has 1 amide bonds. The van der Waals surface area contributed by atoms with Gasteiger partial charge in [-0.05, 0) is 30.7 Å². The van der Waals surface area contributed by atoms with Crippen molar-refractivity contribution in [2.24, 2.45) is 5.10 Å². The van der Waals surface area contributed by atoms with E-state index in [9.17, 15) is 4.79 Å². The Balaban J connectivity index is 1.87. The number of benzene rings is 2. The Morgan fingerprint density at radius 3 is 2.57 bits per heavy atom. The maximum absolute atomic E-state index is 11.8. The lowest BCUT2D eigenvalue weighted by atomic mass is 10.2. The molecular formula is C16H14Br2ClN3O. The third kappa shape index (κ3) is 5.34. The van der Waals surface area contributed by atoms with Crippen molar-refractivity contribution < 1.29 is 4.79 Å². The van der Waals surface area contributed by atoms with Gasteiger partial charge in [0.1, 0.15) is 0 Å². The van der Waals surface area contributed by atoms with E-state index in [2.05, 4.69) is 47.7 Å². The smallest absolute Gasteiger partial charge is 0.259 e. The van der Waals surface area contributed by atoms with Crippen LogP contribution in [0.25, 0.3) is 0 Å². The standard InChI is InChI=1S/C16H14Br2ClN3O/c1-10-13(17)6-12(7-14(10)18)20-9-16(23)22-21-8-11-4-2-3-5-15(11)19/h2-8,20H,9H2,1H3,(H,22,23)/b21-8-. The number of anilines is 1. The van der Waals surface area contributed by atoms with Crippen LogP contribution in [-0.2, 0) is 4.79 Å². The second-order valence-electron chi connectivity index (χ2n) is 4.73. The number of carbonyl (C=O) groups is 1. The summed E-state index contributed by atoms with van der Waals surface area (Å²) in [6, 6.07) is 11.1. The van der Waals surface area contributed by atoms with Gasteiger partial charge in [0.2, 0.25) is 0 Å². The molecule has 120 valence electrons. The van der Waals surface area contributed by atoms with Gasteiger partial charge in [0, 0.05) is 25.2 Å². The van der Waals surface area contributed by atoms with Gasteiger partial charge >= 0.3 is 0 Å². The highest BCUT2D eigenvalue weighted by Gasteiger charge is 2.05. The van der Waals surface area contributed by atoms with Crippen molar-refractivity contribution in [3.05, 3.63) is 61.5 Å². The van der Waals surface area contributed by atoms with Crippen LogP contribution >= 0.6 is 43.5 Å².